The van der Waals surface area contributed by atoms with Crippen molar-refractivity contribution >= 4 is 51.6 Å². The molecule has 2 heterocycles. The highest BCUT2D eigenvalue weighted by atomic mass is 127. The van der Waals surface area contributed by atoms with Gasteiger partial charge in [-0.2, -0.15) is 5.10 Å². The van der Waals surface area contributed by atoms with Crippen LogP contribution < -0.4 is 4.90 Å². The van der Waals surface area contributed by atoms with Crippen molar-refractivity contribution in [3.05, 3.63) is 37.8 Å². The number of aryl methyl sites for hydroxylation is 1. The molecule has 2 aromatic rings. The van der Waals surface area contributed by atoms with Crippen molar-refractivity contribution in [2.45, 2.75) is 57.3 Å². The molecular weight excluding hydrogens is 480 g/mol. The summed E-state index contributed by atoms with van der Waals surface area (Å²) < 4.78 is 17.9. The van der Waals surface area contributed by atoms with Crippen LogP contribution in [0.5, 0.6) is 0 Å². The Morgan fingerprint density at radius 2 is 1.93 bits per heavy atom. The van der Waals surface area contributed by atoms with Crippen LogP contribution in [0.4, 0.5) is 15.9 Å². The maximum atomic E-state index is 15.4. The molecule has 2 aliphatic rings. The molecule has 0 bridgehead atoms. The zero-order valence-electron chi connectivity index (χ0n) is 15.9. The summed E-state index contributed by atoms with van der Waals surface area (Å²) in [6, 6.07) is 1.72. The normalized spacial score (nSPS) is 18.6. The summed E-state index contributed by atoms with van der Waals surface area (Å²) in [5.74, 6) is 0.0311. The van der Waals surface area contributed by atoms with E-state index >= 15 is 4.39 Å². The number of anilines is 2. The van der Waals surface area contributed by atoms with E-state index in [4.69, 9.17) is 11.6 Å². The van der Waals surface area contributed by atoms with Crippen LogP contribution in [0.15, 0.2) is 12.3 Å². The van der Waals surface area contributed by atoms with Crippen LogP contribution in [0.25, 0.3) is 0 Å². The fourth-order valence-electron chi connectivity index (χ4n) is 4.62. The van der Waals surface area contributed by atoms with E-state index in [1.807, 2.05) is 0 Å². The molecule has 0 unspecified atom stereocenters. The van der Waals surface area contributed by atoms with E-state index in [0.29, 0.717) is 11.5 Å². The monoisotopic (exact) mass is 501 g/mol. The predicted molar refractivity (Wildman–Crippen MR) is 113 cm³/mol. The number of nitrogens with zero attached hydrogens (tertiary/aromatic N) is 3. The van der Waals surface area contributed by atoms with Gasteiger partial charge in [-0.15, -0.1) is 0 Å². The standard InChI is InChI=1S/C20H22ClFIN3O/c1-19(2,3)11-9-12(21)15(22)16-14(11)20(7-5-6-8-20)18(27)26(16)17-13(23)10-24-25(17)4/h9-10H,5-8H2,1-4H3. The lowest BCUT2D eigenvalue weighted by Crippen LogP contribution is -2.37. The maximum Gasteiger partial charge on any atom is 0.243 e. The Labute approximate surface area is 177 Å². The molecular formula is C20H22ClFIN3O. The number of fused-ring (bicyclic) bond motifs is 2. The molecule has 1 aliphatic heterocycles. The van der Waals surface area contributed by atoms with Gasteiger partial charge in [0.15, 0.2) is 11.6 Å². The molecule has 1 fully saturated rings. The van der Waals surface area contributed by atoms with Gasteiger partial charge in [-0.25, -0.2) is 4.39 Å². The Hall–Kier alpha value is -1.15. The molecule has 0 atom stereocenters. The number of carbonyl (C=O) groups excluding carboxylic acids is 1. The van der Waals surface area contributed by atoms with Crippen LogP contribution in [0.1, 0.15) is 57.6 Å². The average Bonchev–Trinajstić information content (AvgIpc) is 3.25. The van der Waals surface area contributed by atoms with Gasteiger partial charge in [0, 0.05) is 7.05 Å². The van der Waals surface area contributed by atoms with Crippen molar-refractivity contribution < 1.29 is 9.18 Å². The smallest absolute Gasteiger partial charge is 0.243 e. The number of amides is 1. The molecule has 1 aromatic carbocycles. The zero-order valence-corrected chi connectivity index (χ0v) is 18.8. The van der Waals surface area contributed by atoms with Gasteiger partial charge in [-0.3, -0.25) is 14.4 Å². The number of carbonyl (C=O) groups is 1. The van der Waals surface area contributed by atoms with E-state index in [1.165, 1.54) is 4.90 Å². The number of aromatic nitrogens is 2. The molecule has 0 radical (unpaired) electrons. The Morgan fingerprint density at radius 1 is 1.30 bits per heavy atom. The third-order valence-corrected chi connectivity index (χ3v) is 6.89. The van der Waals surface area contributed by atoms with Gasteiger partial charge >= 0.3 is 0 Å². The van der Waals surface area contributed by atoms with Crippen molar-refractivity contribution in [3.63, 3.8) is 0 Å². The van der Waals surface area contributed by atoms with Gasteiger partial charge < -0.3 is 0 Å². The summed E-state index contributed by atoms with van der Waals surface area (Å²) in [5.41, 5.74) is 1.18. The first-order valence-electron chi connectivity index (χ1n) is 9.14. The fourth-order valence-corrected chi connectivity index (χ4v) is 5.53. The van der Waals surface area contributed by atoms with E-state index in [2.05, 4.69) is 48.5 Å². The van der Waals surface area contributed by atoms with Crippen LogP contribution in [0.3, 0.4) is 0 Å². The topological polar surface area (TPSA) is 38.1 Å². The minimum absolute atomic E-state index is 0.0526. The maximum absolute atomic E-state index is 15.4. The Bertz CT molecular complexity index is 938. The second-order valence-corrected chi connectivity index (χ2v) is 10.1. The van der Waals surface area contributed by atoms with Crippen molar-refractivity contribution in [2.75, 3.05) is 4.90 Å². The van der Waals surface area contributed by atoms with Crippen LogP contribution >= 0.6 is 34.2 Å². The molecule has 1 amide bonds. The Kier molecular flexibility index (Phi) is 4.39. The molecule has 27 heavy (non-hydrogen) atoms. The lowest BCUT2D eigenvalue weighted by molar-refractivity contribution is -0.122. The lowest BCUT2D eigenvalue weighted by atomic mass is 9.72. The van der Waals surface area contributed by atoms with Gasteiger partial charge in [-0.05, 0) is 58.0 Å². The van der Waals surface area contributed by atoms with Gasteiger partial charge in [0.05, 0.1) is 25.9 Å². The first-order valence-corrected chi connectivity index (χ1v) is 10.6. The molecule has 7 heteroatoms. The van der Waals surface area contributed by atoms with Crippen molar-refractivity contribution in [2.24, 2.45) is 7.05 Å². The van der Waals surface area contributed by atoms with Gasteiger partial charge in [0.2, 0.25) is 5.91 Å². The van der Waals surface area contributed by atoms with Gasteiger partial charge in [-0.1, -0.05) is 45.2 Å². The molecule has 0 saturated heterocycles. The highest BCUT2D eigenvalue weighted by Gasteiger charge is 2.56. The number of halogens is 3. The third kappa shape index (κ3) is 2.58. The summed E-state index contributed by atoms with van der Waals surface area (Å²) in [5, 5.41) is 4.33. The quantitative estimate of drug-likeness (QED) is 0.477. The van der Waals surface area contributed by atoms with Crippen molar-refractivity contribution in [1.82, 2.24) is 9.78 Å². The van der Waals surface area contributed by atoms with Crippen LogP contribution in [0, 0.1) is 9.39 Å². The van der Waals surface area contributed by atoms with Crippen molar-refractivity contribution in [3.8, 4) is 0 Å². The summed E-state index contributed by atoms with van der Waals surface area (Å²) >= 11 is 8.46. The highest BCUT2D eigenvalue weighted by molar-refractivity contribution is 14.1. The lowest BCUT2D eigenvalue weighted by Gasteiger charge is -2.29. The Balaban J connectivity index is 2.12. The summed E-state index contributed by atoms with van der Waals surface area (Å²) in [6.07, 6.45) is 5.11. The number of rotatable bonds is 1. The number of hydrogen-bond acceptors (Lipinski definition) is 2. The van der Waals surface area contributed by atoms with Gasteiger partial charge in [0.1, 0.15) is 0 Å². The first kappa shape index (κ1) is 19.2. The van der Waals surface area contributed by atoms with E-state index in [0.717, 1.165) is 40.4 Å². The third-order valence-electron chi connectivity index (χ3n) is 5.85. The fraction of sp³-hybridized carbons (Fsp3) is 0.500. The molecule has 1 aliphatic carbocycles. The van der Waals surface area contributed by atoms with Gasteiger partial charge in [0.25, 0.3) is 0 Å². The molecule has 4 nitrogen and oxygen atoms in total. The van der Waals surface area contributed by atoms with E-state index in [1.54, 1.807) is 24.0 Å². The second kappa shape index (κ2) is 6.17. The average molecular weight is 502 g/mol. The molecule has 4 rings (SSSR count). The predicted octanol–water partition coefficient (Wildman–Crippen LogP) is 5.60. The van der Waals surface area contributed by atoms with Crippen LogP contribution in [0.2, 0.25) is 5.02 Å². The number of hydrogen-bond donors (Lipinski definition) is 0. The first-order chi connectivity index (χ1) is 12.6. The van der Waals surface area contributed by atoms with Crippen LogP contribution in [-0.4, -0.2) is 15.7 Å². The summed E-state index contributed by atoms with van der Waals surface area (Å²) in [6.45, 7) is 6.25. The van der Waals surface area contributed by atoms with Crippen molar-refractivity contribution in [1.29, 1.82) is 0 Å². The highest BCUT2D eigenvalue weighted by Crippen LogP contribution is 2.58. The van der Waals surface area contributed by atoms with E-state index < -0.39 is 11.2 Å². The minimum Gasteiger partial charge on any atom is -0.273 e. The SMILES string of the molecule is Cn1ncc(I)c1N1C(=O)C2(CCCC2)c2c(C(C)(C)C)cc(Cl)c(F)c21. The molecule has 1 aromatic heterocycles. The van der Waals surface area contributed by atoms with E-state index in [-0.39, 0.29) is 16.3 Å². The number of benzene rings is 1. The summed E-state index contributed by atoms with van der Waals surface area (Å²) in [7, 11) is 1.78. The molecule has 1 spiro atoms. The second-order valence-electron chi connectivity index (χ2n) is 8.56. The minimum atomic E-state index is -0.670. The van der Waals surface area contributed by atoms with E-state index in [9.17, 15) is 4.79 Å². The van der Waals surface area contributed by atoms with Crippen LogP contribution in [-0.2, 0) is 22.7 Å². The molecule has 144 valence electrons. The largest absolute Gasteiger partial charge is 0.273 e. The summed E-state index contributed by atoms with van der Waals surface area (Å²) in [4.78, 5) is 15.3. The Morgan fingerprint density at radius 3 is 2.44 bits per heavy atom. The molecule has 1 saturated carbocycles. The zero-order chi connectivity index (χ0) is 19.7. The molecule has 0 N–H and O–H groups in total.